The molecule has 130 valence electrons. The second kappa shape index (κ2) is 10.6. The second-order valence-electron chi connectivity index (χ2n) is 4.93. The van der Waals surface area contributed by atoms with Gasteiger partial charge >= 0.3 is 6.03 Å². The average molecular weight is 326 g/mol. The maximum absolute atomic E-state index is 11.9. The Morgan fingerprint density at radius 3 is 2.13 bits per heavy atom. The molecule has 0 saturated heterocycles. The van der Waals surface area contributed by atoms with Crippen LogP contribution in [-0.2, 0) is 0 Å². The van der Waals surface area contributed by atoms with Gasteiger partial charge in [-0.25, -0.2) is 4.79 Å². The van der Waals surface area contributed by atoms with Crippen LogP contribution in [-0.4, -0.2) is 45.6 Å². The molecule has 7 nitrogen and oxygen atoms in total. The quantitative estimate of drug-likeness (QED) is 0.575. The van der Waals surface area contributed by atoms with Crippen molar-refractivity contribution >= 4 is 11.7 Å². The van der Waals surface area contributed by atoms with Crippen molar-refractivity contribution < 1.29 is 24.1 Å². The first-order valence-electron chi connectivity index (χ1n) is 7.62. The molecule has 0 spiro atoms. The molecule has 3 N–H and O–H groups in total. The number of aliphatic hydroxyl groups excluding tert-OH is 1. The average Bonchev–Trinajstić information content (AvgIpc) is 2.56. The Morgan fingerprint density at radius 1 is 1.00 bits per heavy atom. The van der Waals surface area contributed by atoms with Gasteiger partial charge in [-0.15, -0.1) is 0 Å². The SMILES string of the molecule is COc1cc(NC(=O)NCCCCCCO)cc(OC)c1OC. The topological polar surface area (TPSA) is 89.1 Å². The van der Waals surface area contributed by atoms with Crippen LogP contribution in [0.3, 0.4) is 0 Å². The lowest BCUT2D eigenvalue weighted by atomic mass is 10.2. The maximum Gasteiger partial charge on any atom is 0.319 e. The molecule has 0 aliphatic heterocycles. The molecule has 0 aliphatic carbocycles. The number of nitrogens with one attached hydrogen (secondary N) is 2. The Hall–Kier alpha value is -2.15. The molecule has 1 aromatic rings. The summed E-state index contributed by atoms with van der Waals surface area (Å²) in [4.78, 5) is 11.9. The third-order valence-corrected chi connectivity index (χ3v) is 3.29. The van der Waals surface area contributed by atoms with E-state index < -0.39 is 0 Å². The molecule has 1 aromatic carbocycles. The van der Waals surface area contributed by atoms with Gasteiger partial charge in [0.2, 0.25) is 5.75 Å². The van der Waals surface area contributed by atoms with E-state index >= 15 is 0 Å². The van der Waals surface area contributed by atoms with E-state index in [1.165, 1.54) is 21.3 Å². The molecule has 0 radical (unpaired) electrons. The first-order valence-corrected chi connectivity index (χ1v) is 7.62. The van der Waals surface area contributed by atoms with Crippen LogP contribution < -0.4 is 24.8 Å². The predicted octanol–water partition coefficient (Wildman–Crippen LogP) is 2.39. The van der Waals surface area contributed by atoms with E-state index in [1.54, 1.807) is 12.1 Å². The summed E-state index contributed by atoms with van der Waals surface area (Å²) in [6, 6.07) is 3.05. The predicted molar refractivity (Wildman–Crippen MR) is 88.7 cm³/mol. The fourth-order valence-corrected chi connectivity index (χ4v) is 2.12. The third kappa shape index (κ3) is 6.23. The molecule has 0 aliphatic rings. The number of benzene rings is 1. The van der Waals surface area contributed by atoms with E-state index in [1.807, 2.05) is 0 Å². The van der Waals surface area contributed by atoms with Crippen molar-refractivity contribution in [2.45, 2.75) is 25.7 Å². The molecule has 2 amide bonds. The fraction of sp³-hybridized carbons (Fsp3) is 0.562. The number of amides is 2. The van der Waals surface area contributed by atoms with E-state index in [0.29, 0.717) is 29.5 Å². The van der Waals surface area contributed by atoms with E-state index in [9.17, 15) is 4.79 Å². The number of ether oxygens (including phenoxy) is 3. The first kappa shape index (κ1) is 18.9. The van der Waals surface area contributed by atoms with Gasteiger partial charge in [-0.1, -0.05) is 12.8 Å². The Kier molecular flexibility index (Phi) is 8.67. The standard InChI is InChI=1S/C16H26N2O5/c1-21-13-10-12(11-14(22-2)15(13)23-3)18-16(20)17-8-6-4-5-7-9-19/h10-11,19H,4-9H2,1-3H3,(H2,17,18,20). The third-order valence-electron chi connectivity index (χ3n) is 3.29. The van der Waals surface area contributed by atoms with Gasteiger partial charge in [0.05, 0.1) is 27.0 Å². The highest BCUT2D eigenvalue weighted by atomic mass is 16.5. The Balaban J connectivity index is 2.54. The molecular weight excluding hydrogens is 300 g/mol. The molecule has 0 fully saturated rings. The van der Waals surface area contributed by atoms with Crippen molar-refractivity contribution in [3.8, 4) is 17.2 Å². The minimum absolute atomic E-state index is 0.217. The van der Waals surface area contributed by atoms with E-state index in [-0.39, 0.29) is 12.6 Å². The summed E-state index contributed by atoms with van der Waals surface area (Å²) in [5.74, 6) is 1.43. The van der Waals surface area contributed by atoms with Crippen molar-refractivity contribution in [1.82, 2.24) is 5.32 Å². The van der Waals surface area contributed by atoms with Gasteiger partial charge < -0.3 is 30.0 Å². The van der Waals surface area contributed by atoms with E-state index in [4.69, 9.17) is 19.3 Å². The monoisotopic (exact) mass is 326 g/mol. The largest absolute Gasteiger partial charge is 0.493 e. The molecule has 0 unspecified atom stereocenters. The summed E-state index contributed by atoms with van der Waals surface area (Å²) in [5, 5.41) is 14.2. The normalized spacial score (nSPS) is 10.1. The first-order chi connectivity index (χ1) is 11.2. The van der Waals surface area contributed by atoms with Gasteiger partial charge in [-0.3, -0.25) is 0 Å². The Labute approximate surface area is 136 Å². The molecule has 0 atom stereocenters. The van der Waals surface area contributed by atoms with Crippen LogP contribution in [0.4, 0.5) is 10.5 Å². The lowest BCUT2D eigenvalue weighted by molar-refractivity contribution is 0.251. The van der Waals surface area contributed by atoms with Gasteiger partial charge in [0.15, 0.2) is 11.5 Å². The van der Waals surface area contributed by atoms with E-state index in [2.05, 4.69) is 10.6 Å². The van der Waals surface area contributed by atoms with Crippen LogP contribution in [0.15, 0.2) is 12.1 Å². The molecule has 0 bridgehead atoms. The zero-order chi connectivity index (χ0) is 17.1. The number of hydrogen-bond acceptors (Lipinski definition) is 5. The number of carbonyl (C=O) groups is 1. The van der Waals surface area contributed by atoms with Crippen LogP contribution in [0.25, 0.3) is 0 Å². The second-order valence-corrected chi connectivity index (χ2v) is 4.93. The minimum atomic E-state index is -0.290. The number of methoxy groups -OCH3 is 3. The number of hydrogen-bond donors (Lipinski definition) is 3. The van der Waals surface area contributed by atoms with Crippen molar-refractivity contribution in [3.05, 3.63) is 12.1 Å². The lowest BCUT2D eigenvalue weighted by Crippen LogP contribution is -2.29. The molecule has 23 heavy (non-hydrogen) atoms. The van der Waals surface area contributed by atoms with Gasteiger partial charge in [0.1, 0.15) is 0 Å². The highest BCUT2D eigenvalue weighted by molar-refractivity contribution is 5.90. The summed E-state index contributed by atoms with van der Waals surface area (Å²) in [5.41, 5.74) is 0.553. The number of carbonyl (C=O) groups excluding carboxylic acids is 1. The van der Waals surface area contributed by atoms with Gasteiger partial charge in [-0.05, 0) is 12.8 Å². The van der Waals surface area contributed by atoms with E-state index in [0.717, 1.165) is 25.7 Å². The van der Waals surface area contributed by atoms with Gasteiger partial charge in [0, 0.05) is 25.3 Å². The molecule has 7 heteroatoms. The minimum Gasteiger partial charge on any atom is -0.493 e. The highest BCUT2D eigenvalue weighted by Gasteiger charge is 2.14. The number of unbranched alkanes of at least 4 members (excludes halogenated alkanes) is 3. The number of aliphatic hydroxyl groups is 1. The number of anilines is 1. The zero-order valence-electron chi connectivity index (χ0n) is 14.0. The van der Waals surface area contributed by atoms with Crippen LogP contribution >= 0.6 is 0 Å². The smallest absolute Gasteiger partial charge is 0.319 e. The maximum atomic E-state index is 11.9. The fourth-order valence-electron chi connectivity index (χ4n) is 2.12. The molecule has 0 saturated carbocycles. The number of rotatable bonds is 10. The van der Waals surface area contributed by atoms with Gasteiger partial charge in [0.25, 0.3) is 0 Å². The molecule has 0 aromatic heterocycles. The highest BCUT2D eigenvalue weighted by Crippen LogP contribution is 2.39. The van der Waals surface area contributed by atoms with Gasteiger partial charge in [-0.2, -0.15) is 0 Å². The molecular formula is C16H26N2O5. The summed E-state index contributed by atoms with van der Waals surface area (Å²) in [7, 11) is 4.57. The van der Waals surface area contributed by atoms with Crippen molar-refractivity contribution in [2.75, 3.05) is 39.8 Å². The van der Waals surface area contributed by atoms with Crippen molar-refractivity contribution in [1.29, 1.82) is 0 Å². The molecule has 1 rings (SSSR count). The summed E-state index contributed by atoms with van der Waals surface area (Å²) in [6.45, 7) is 0.802. The van der Waals surface area contributed by atoms with Crippen LogP contribution in [0, 0.1) is 0 Å². The zero-order valence-corrected chi connectivity index (χ0v) is 14.0. The van der Waals surface area contributed by atoms with Crippen molar-refractivity contribution in [2.24, 2.45) is 0 Å². The Morgan fingerprint density at radius 2 is 1.61 bits per heavy atom. The van der Waals surface area contributed by atoms with Crippen LogP contribution in [0.2, 0.25) is 0 Å². The van der Waals surface area contributed by atoms with Crippen LogP contribution in [0.1, 0.15) is 25.7 Å². The lowest BCUT2D eigenvalue weighted by Gasteiger charge is -2.15. The Bertz CT molecular complexity index is 468. The summed E-state index contributed by atoms with van der Waals surface area (Å²) >= 11 is 0. The summed E-state index contributed by atoms with van der Waals surface area (Å²) < 4.78 is 15.7. The summed E-state index contributed by atoms with van der Waals surface area (Å²) in [6.07, 6.45) is 3.62. The van der Waals surface area contributed by atoms with Crippen LogP contribution in [0.5, 0.6) is 17.2 Å². The van der Waals surface area contributed by atoms with Crippen molar-refractivity contribution in [3.63, 3.8) is 0 Å². The number of urea groups is 1. The molecule has 0 heterocycles.